The summed E-state index contributed by atoms with van der Waals surface area (Å²) in [5.74, 6) is 0. The molecule has 0 heterocycles. The van der Waals surface area contributed by atoms with Gasteiger partial charge in [-0.1, -0.05) is 19.3 Å². The van der Waals surface area contributed by atoms with Gasteiger partial charge >= 0.3 is 0 Å². The van der Waals surface area contributed by atoms with Gasteiger partial charge in [0.15, 0.2) is 0 Å². The summed E-state index contributed by atoms with van der Waals surface area (Å²) in [5, 5.41) is 0. The van der Waals surface area contributed by atoms with Crippen molar-refractivity contribution in [3.63, 3.8) is 0 Å². The Hall–Kier alpha value is 1.09. The molecule has 0 aromatic carbocycles. The second kappa shape index (κ2) is 3.66. The lowest BCUT2D eigenvalue weighted by Gasteiger charge is -2.30. The summed E-state index contributed by atoms with van der Waals surface area (Å²) >= 11 is 17.9. The van der Waals surface area contributed by atoms with Gasteiger partial charge in [-0.3, -0.25) is 0 Å². The second-order valence-electron chi connectivity index (χ2n) is 2.90. The zero-order valence-corrected chi connectivity index (χ0v) is 9.17. The van der Waals surface area contributed by atoms with Crippen molar-refractivity contribution in [3.05, 3.63) is 0 Å². The SMILES string of the molecule is Cl[SiH](Cl)C1(Cl)CCCCC1. The van der Waals surface area contributed by atoms with Gasteiger partial charge in [-0.2, -0.15) is 0 Å². The molecule has 1 rings (SSSR count). The number of rotatable bonds is 1. The summed E-state index contributed by atoms with van der Waals surface area (Å²) in [6.45, 7) is 0. The first-order valence-electron chi connectivity index (χ1n) is 3.62. The van der Waals surface area contributed by atoms with Gasteiger partial charge in [0, 0.05) is 0 Å². The lowest BCUT2D eigenvalue weighted by molar-refractivity contribution is 0.475. The van der Waals surface area contributed by atoms with Crippen molar-refractivity contribution in [3.8, 4) is 0 Å². The Bertz CT molecular complexity index is 110. The molecular weight excluding hydrogens is 207 g/mol. The third-order valence-electron chi connectivity index (χ3n) is 2.08. The van der Waals surface area contributed by atoms with E-state index in [0.717, 1.165) is 12.8 Å². The highest BCUT2D eigenvalue weighted by Crippen LogP contribution is 2.38. The fraction of sp³-hybridized carbons (Fsp3) is 1.00. The summed E-state index contributed by atoms with van der Waals surface area (Å²) < 4.78 is -0.179. The van der Waals surface area contributed by atoms with E-state index in [4.69, 9.17) is 33.8 Å². The van der Waals surface area contributed by atoms with Crippen LogP contribution in [0, 0.1) is 0 Å². The highest BCUT2D eigenvalue weighted by molar-refractivity contribution is 7.36. The van der Waals surface area contributed by atoms with E-state index in [1.54, 1.807) is 0 Å². The molecule has 0 spiro atoms. The maximum atomic E-state index is 6.21. The zero-order valence-electron chi connectivity index (χ0n) is 5.75. The number of halogens is 3. The van der Waals surface area contributed by atoms with Gasteiger partial charge in [0.05, 0.1) is 4.50 Å². The molecule has 0 amide bonds. The standard InChI is InChI=1S/C6H11Cl3Si/c7-6(10(8)9)4-2-1-3-5-6/h10H,1-5H2. The van der Waals surface area contributed by atoms with Gasteiger partial charge in [-0.15, -0.1) is 33.8 Å². The predicted molar refractivity (Wildman–Crippen MR) is 50.5 cm³/mol. The molecule has 0 nitrogen and oxygen atoms in total. The van der Waals surface area contributed by atoms with Crippen LogP contribution in [0.15, 0.2) is 0 Å². The zero-order chi connectivity index (χ0) is 7.61. The normalized spacial score (nSPS) is 25.2. The lowest BCUT2D eigenvalue weighted by Crippen LogP contribution is -2.35. The average Bonchev–Trinajstić information content (AvgIpc) is 1.89. The van der Waals surface area contributed by atoms with Crippen molar-refractivity contribution in [1.29, 1.82) is 0 Å². The molecule has 60 valence electrons. The van der Waals surface area contributed by atoms with Crippen LogP contribution in [-0.4, -0.2) is 11.9 Å². The monoisotopic (exact) mass is 216 g/mol. The highest BCUT2D eigenvalue weighted by atomic mass is 35.7. The first-order valence-corrected chi connectivity index (χ1v) is 8.07. The molecule has 0 aromatic heterocycles. The third kappa shape index (κ3) is 2.04. The predicted octanol–water partition coefficient (Wildman–Crippen LogP) is 3.17. The Morgan fingerprint density at radius 3 is 1.80 bits per heavy atom. The van der Waals surface area contributed by atoms with E-state index in [0.29, 0.717) is 0 Å². The molecule has 4 heteroatoms. The van der Waals surface area contributed by atoms with E-state index in [9.17, 15) is 0 Å². The van der Waals surface area contributed by atoms with E-state index in [1.165, 1.54) is 19.3 Å². The Labute approximate surface area is 77.9 Å². The van der Waals surface area contributed by atoms with E-state index in [-0.39, 0.29) is 4.50 Å². The van der Waals surface area contributed by atoms with E-state index in [2.05, 4.69) is 0 Å². The minimum absolute atomic E-state index is 0.179. The van der Waals surface area contributed by atoms with Crippen LogP contribution >= 0.6 is 33.8 Å². The topological polar surface area (TPSA) is 0 Å². The smallest absolute Gasteiger partial charge is 0.148 e. The van der Waals surface area contributed by atoms with Crippen LogP contribution in [0.25, 0.3) is 0 Å². The van der Waals surface area contributed by atoms with Crippen molar-refractivity contribution < 1.29 is 0 Å². The summed E-state index contributed by atoms with van der Waals surface area (Å²) in [6, 6.07) is 0. The number of hydrogen-bond acceptors (Lipinski definition) is 0. The maximum absolute atomic E-state index is 6.21. The number of alkyl halides is 1. The molecule has 1 fully saturated rings. The van der Waals surface area contributed by atoms with Crippen molar-refractivity contribution in [1.82, 2.24) is 0 Å². The lowest BCUT2D eigenvalue weighted by atomic mass is 10.00. The van der Waals surface area contributed by atoms with Gasteiger partial charge in [-0.25, -0.2) is 0 Å². The molecule has 0 radical (unpaired) electrons. The van der Waals surface area contributed by atoms with Crippen molar-refractivity contribution in [2.24, 2.45) is 0 Å². The van der Waals surface area contributed by atoms with Crippen molar-refractivity contribution in [2.45, 2.75) is 36.6 Å². The van der Waals surface area contributed by atoms with Crippen LogP contribution in [0.1, 0.15) is 32.1 Å². The molecular formula is C6H11Cl3Si. The fourth-order valence-electron chi connectivity index (χ4n) is 1.36. The average molecular weight is 218 g/mol. The Balaban J connectivity index is 2.48. The number of hydrogen-bond donors (Lipinski definition) is 0. The maximum Gasteiger partial charge on any atom is 0.257 e. The first-order chi connectivity index (χ1) is 4.65. The minimum Gasteiger partial charge on any atom is -0.148 e. The molecule has 1 saturated carbocycles. The largest absolute Gasteiger partial charge is 0.257 e. The van der Waals surface area contributed by atoms with E-state index < -0.39 is 7.42 Å². The highest BCUT2D eigenvalue weighted by Gasteiger charge is 2.37. The third-order valence-corrected chi connectivity index (χ3v) is 7.64. The van der Waals surface area contributed by atoms with Crippen LogP contribution in [0.4, 0.5) is 0 Å². The summed E-state index contributed by atoms with van der Waals surface area (Å²) in [7, 11) is -1.66. The summed E-state index contributed by atoms with van der Waals surface area (Å²) in [4.78, 5) is 0. The van der Waals surface area contributed by atoms with Crippen LogP contribution < -0.4 is 0 Å². The summed E-state index contributed by atoms with van der Waals surface area (Å²) in [6.07, 6.45) is 5.75. The molecule has 0 atom stereocenters. The fourth-order valence-corrected chi connectivity index (χ4v) is 3.78. The van der Waals surface area contributed by atoms with Crippen molar-refractivity contribution in [2.75, 3.05) is 0 Å². The van der Waals surface area contributed by atoms with Crippen LogP contribution in [0.2, 0.25) is 0 Å². The first kappa shape index (κ1) is 9.18. The van der Waals surface area contributed by atoms with Crippen LogP contribution in [0.5, 0.6) is 0 Å². The molecule has 1 aliphatic rings. The molecule has 0 N–H and O–H groups in total. The summed E-state index contributed by atoms with van der Waals surface area (Å²) in [5.41, 5.74) is 0. The Kier molecular flexibility index (Phi) is 3.36. The van der Waals surface area contributed by atoms with Gasteiger partial charge in [0.1, 0.15) is 0 Å². The van der Waals surface area contributed by atoms with Gasteiger partial charge in [-0.05, 0) is 12.8 Å². The molecule has 0 bridgehead atoms. The van der Waals surface area contributed by atoms with Crippen molar-refractivity contribution >= 4 is 41.2 Å². The van der Waals surface area contributed by atoms with Crippen LogP contribution in [-0.2, 0) is 0 Å². The molecule has 0 saturated heterocycles. The molecule has 10 heavy (non-hydrogen) atoms. The van der Waals surface area contributed by atoms with Gasteiger partial charge in [0.2, 0.25) is 0 Å². The van der Waals surface area contributed by atoms with E-state index in [1.807, 2.05) is 0 Å². The molecule has 1 aliphatic carbocycles. The molecule has 0 aromatic rings. The van der Waals surface area contributed by atoms with Gasteiger partial charge in [0.25, 0.3) is 7.42 Å². The van der Waals surface area contributed by atoms with Crippen LogP contribution in [0.3, 0.4) is 0 Å². The second-order valence-corrected chi connectivity index (χ2v) is 9.01. The van der Waals surface area contributed by atoms with Gasteiger partial charge < -0.3 is 0 Å². The van der Waals surface area contributed by atoms with E-state index >= 15 is 0 Å². The minimum atomic E-state index is -1.66. The Morgan fingerprint density at radius 1 is 1.00 bits per heavy atom. The Morgan fingerprint density at radius 2 is 1.50 bits per heavy atom. The molecule has 0 aliphatic heterocycles. The molecule has 0 unspecified atom stereocenters. The quantitative estimate of drug-likeness (QED) is 0.360.